The Morgan fingerprint density at radius 3 is 3.05 bits per heavy atom. The Morgan fingerprint density at radius 1 is 1.53 bits per heavy atom. The highest BCUT2D eigenvalue weighted by atomic mass is 32.1. The van der Waals surface area contributed by atoms with E-state index in [1.165, 1.54) is 11.5 Å². The molecule has 0 saturated carbocycles. The van der Waals surface area contributed by atoms with E-state index in [1.807, 2.05) is 31.2 Å². The molecule has 3 N–H and O–H groups in total. The maximum absolute atomic E-state index is 5.83. The van der Waals surface area contributed by atoms with E-state index in [9.17, 15) is 0 Å². The summed E-state index contributed by atoms with van der Waals surface area (Å²) in [5.74, 6) is 1.11. The van der Waals surface area contributed by atoms with E-state index in [4.69, 9.17) is 10.5 Å². The zero-order chi connectivity index (χ0) is 13.7. The first-order valence-electron chi connectivity index (χ1n) is 5.68. The lowest BCUT2D eigenvalue weighted by atomic mass is 10.3. The molecule has 0 radical (unpaired) electrons. The van der Waals surface area contributed by atoms with Gasteiger partial charge in [0, 0.05) is 11.8 Å². The number of nitrogens with one attached hydrogen (secondary N) is 1. The number of nitrogens with zero attached hydrogens (tertiary/aromatic N) is 3. The molecule has 0 aliphatic heterocycles. The molecule has 100 valence electrons. The van der Waals surface area contributed by atoms with Crippen LogP contribution in [0, 0.1) is 6.92 Å². The van der Waals surface area contributed by atoms with Gasteiger partial charge in [0.15, 0.2) is 5.96 Å². The second kappa shape index (κ2) is 6.14. The first-order valence-corrected chi connectivity index (χ1v) is 6.45. The number of hydrogen-bond acceptors (Lipinski definition) is 5. The minimum atomic E-state index is 0.348. The van der Waals surface area contributed by atoms with Crippen molar-refractivity contribution in [1.82, 2.24) is 9.59 Å². The predicted molar refractivity (Wildman–Crippen MR) is 76.6 cm³/mol. The van der Waals surface area contributed by atoms with Crippen molar-refractivity contribution >= 4 is 23.2 Å². The van der Waals surface area contributed by atoms with Crippen LogP contribution >= 0.6 is 11.5 Å². The molecular weight excluding hydrogens is 262 g/mol. The van der Waals surface area contributed by atoms with Crippen LogP contribution in [0.4, 0.5) is 5.69 Å². The van der Waals surface area contributed by atoms with Gasteiger partial charge < -0.3 is 15.8 Å². The van der Waals surface area contributed by atoms with Gasteiger partial charge in [-0.2, -0.15) is 0 Å². The molecule has 0 atom stereocenters. The molecule has 0 spiro atoms. The average molecular weight is 277 g/mol. The summed E-state index contributed by atoms with van der Waals surface area (Å²) >= 11 is 1.33. The second-order valence-corrected chi connectivity index (χ2v) is 4.68. The Kier molecular flexibility index (Phi) is 4.30. The van der Waals surface area contributed by atoms with Gasteiger partial charge >= 0.3 is 0 Å². The zero-order valence-electron chi connectivity index (χ0n) is 10.8. The molecule has 1 aromatic heterocycles. The Hall–Kier alpha value is -2.15. The van der Waals surface area contributed by atoms with Crippen molar-refractivity contribution in [2.45, 2.75) is 13.5 Å². The highest BCUT2D eigenvalue weighted by Crippen LogP contribution is 2.16. The Bertz CT molecular complexity index is 581. The summed E-state index contributed by atoms with van der Waals surface area (Å²) in [6.07, 6.45) is 0. The third-order valence-corrected chi connectivity index (χ3v) is 3.29. The number of nitrogens with two attached hydrogens (primary N) is 1. The van der Waals surface area contributed by atoms with Crippen molar-refractivity contribution in [3.63, 3.8) is 0 Å². The fourth-order valence-corrected chi connectivity index (χ4v) is 2.00. The van der Waals surface area contributed by atoms with Crippen LogP contribution in [0.25, 0.3) is 0 Å². The van der Waals surface area contributed by atoms with Crippen LogP contribution in [0.2, 0.25) is 0 Å². The highest BCUT2D eigenvalue weighted by molar-refractivity contribution is 7.05. The third kappa shape index (κ3) is 3.65. The quantitative estimate of drug-likeness (QED) is 0.657. The number of aryl methyl sites for hydroxylation is 1. The average Bonchev–Trinajstić information content (AvgIpc) is 2.82. The van der Waals surface area contributed by atoms with Gasteiger partial charge in [-0.3, -0.25) is 0 Å². The molecule has 19 heavy (non-hydrogen) atoms. The maximum atomic E-state index is 5.83. The second-order valence-electron chi connectivity index (χ2n) is 3.84. The summed E-state index contributed by atoms with van der Waals surface area (Å²) in [5.41, 5.74) is 7.55. The number of rotatable bonds is 4. The zero-order valence-corrected chi connectivity index (χ0v) is 11.6. The largest absolute Gasteiger partial charge is 0.497 e. The fourth-order valence-electron chi connectivity index (χ4n) is 1.44. The topological polar surface area (TPSA) is 85.4 Å². The normalized spacial score (nSPS) is 11.4. The summed E-state index contributed by atoms with van der Waals surface area (Å²) in [6, 6.07) is 7.49. The molecule has 0 unspecified atom stereocenters. The molecule has 0 bridgehead atoms. The van der Waals surface area contributed by atoms with E-state index in [1.54, 1.807) is 7.11 Å². The number of aliphatic imine (C=N–C) groups is 1. The number of guanidine groups is 1. The standard InChI is InChI=1S/C12H15N5OS/c1-8-11(19-17-16-8)7-14-12(13)15-9-4-3-5-10(6-9)18-2/h3-6H,7H2,1-2H3,(H3,13,14,15). The van der Waals surface area contributed by atoms with Crippen LogP contribution in [0.5, 0.6) is 5.75 Å². The molecule has 0 aliphatic rings. The summed E-state index contributed by atoms with van der Waals surface area (Å²) in [7, 11) is 1.62. The van der Waals surface area contributed by atoms with Gasteiger partial charge in [-0.25, -0.2) is 4.99 Å². The molecule has 6 nitrogen and oxygen atoms in total. The first-order chi connectivity index (χ1) is 9.19. The Labute approximate surface area is 115 Å². The van der Waals surface area contributed by atoms with Gasteiger partial charge in [0.1, 0.15) is 5.75 Å². The van der Waals surface area contributed by atoms with Crippen molar-refractivity contribution in [1.29, 1.82) is 0 Å². The number of benzene rings is 1. The van der Waals surface area contributed by atoms with Crippen LogP contribution in [-0.4, -0.2) is 22.7 Å². The van der Waals surface area contributed by atoms with Crippen LogP contribution in [0.1, 0.15) is 10.6 Å². The maximum Gasteiger partial charge on any atom is 0.193 e. The van der Waals surface area contributed by atoms with Gasteiger partial charge in [-0.15, -0.1) is 5.10 Å². The lowest BCUT2D eigenvalue weighted by Gasteiger charge is -2.07. The Morgan fingerprint density at radius 2 is 2.37 bits per heavy atom. The van der Waals surface area contributed by atoms with Crippen molar-refractivity contribution in [2.75, 3.05) is 12.4 Å². The molecule has 7 heteroatoms. The van der Waals surface area contributed by atoms with E-state index in [-0.39, 0.29) is 0 Å². The number of aromatic nitrogens is 2. The van der Waals surface area contributed by atoms with Gasteiger partial charge in [0.2, 0.25) is 0 Å². The Balaban J connectivity index is 2.00. The molecule has 1 aromatic carbocycles. The highest BCUT2D eigenvalue weighted by Gasteiger charge is 2.02. The summed E-state index contributed by atoms with van der Waals surface area (Å²) in [5, 5.41) is 6.93. The number of ether oxygens (including phenoxy) is 1. The molecule has 2 aromatic rings. The lowest BCUT2D eigenvalue weighted by Crippen LogP contribution is -2.22. The minimum absolute atomic E-state index is 0.348. The SMILES string of the molecule is COc1cccc(NC(N)=NCc2snnc2C)c1. The van der Waals surface area contributed by atoms with Crippen LogP contribution in [0.3, 0.4) is 0 Å². The van der Waals surface area contributed by atoms with Gasteiger partial charge in [-0.1, -0.05) is 10.6 Å². The number of methoxy groups -OCH3 is 1. The summed E-state index contributed by atoms with van der Waals surface area (Å²) in [6.45, 7) is 2.38. The van der Waals surface area contributed by atoms with Gasteiger partial charge in [0.25, 0.3) is 0 Å². The summed E-state index contributed by atoms with van der Waals surface area (Å²) < 4.78 is 8.99. The molecule has 0 saturated heterocycles. The van der Waals surface area contributed by atoms with E-state index < -0.39 is 0 Å². The van der Waals surface area contributed by atoms with Crippen molar-refractivity contribution < 1.29 is 4.74 Å². The van der Waals surface area contributed by atoms with Crippen LogP contribution < -0.4 is 15.8 Å². The minimum Gasteiger partial charge on any atom is -0.497 e. The van der Waals surface area contributed by atoms with E-state index in [0.29, 0.717) is 12.5 Å². The molecular formula is C12H15N5OS. The van der Waals surface area contributed by atoms with Crippen molar-refractivity contribution in [3.05, 3.63) is 34.8 Å². The number of anilines is 1. The third-order valence-electron chi connectivity index (χ3n) is 2.48. The van der Waals surface area contributed by atoms with Crippen molar-refractivity contribution in [3.8, 4) is 5.75 Å². The molecule has 1 heterocycles. The predicted octanol–water partition coefficient (Wildman–Crippen LogP) is 1.78. The lowest BCUT2D eigenvalue weighted by molar-refractivity contribution is 0.415. The van der Waals surface area contributed by atoms with E-state index in [2.05, 4.69) is 19.9 Å². The van der Waals surface area contributed by atoms with Gasteiger partial charge in [0.05, 0.1) is 24.2 Å². The van der Waals surface area contributed by atoms with Crippen LogP contribution in [-0.2, 0) is 6.54 Å². The van der Waals surface area contributed by atoms with Crippen molar-refractivity contribution in [2.24, 2.45) is 10.7 Å². The molecule has 0 amide bonds. The van der Waals surface area contributed by atoms with Gasteiger partial charge in [-0.05, 0) is 30.6 Å². The molecule has 0 aliphatic carbocycles. The molecule has 2 rings (SSSR count). The smallest absolute Gasteiger partial charge is 0.193 e. The van der Waals surface area contributed by atoms with E-state index in [0.717, 1.165) is 22.0 Å². The summed E-state index contributed by atoms with van der Waals surface area (Å²) in [4.78, 5) is 5.26. The van der Waals surface area contributed by atoms with E-state index >= 15 is 0 Å². The fraction of sp³-hybridized carbons (Fsp3) is 0.250. The number of hydrogen-bond donors (Lipinski definition) is 2. The first kappa shape index (κ1) is 13.3. The molecule has 0 fully saturated rings. The van der Waals surface area contributed by atoms with Crippen LogP contribution in [0.15, 0.2) is 29.3 Å². The monoisotopic (exact) mass is 277 g/mol.